The van der Waals surface area contributed by atoms with E-state index in [0.717, 1.165) is 19.3 Å². The Labute approximate surface area is 196 Å². The van der Waals surface area contributed by atoms with Crippen molar-refractivity contribution in [3.8, 4) is 17.2 Å². The van der Waals surface area contributed by atoms with Gasteiger partial charge < -0.3 is 14.9 Å². The Hall–Kier alpha value is -2.30. The second-order valence-electron chi connectivity index (χ2n) is 12.2. The molecule has 1 aromatic carbocycles. The van der Waals surface area contributed by atoms with E-state index in [1.165, 1.54) is 17.6 Å². The summed E-state index contributed by atoms with van der Waals surface area (Å²) in [7, 11) is 0. The lowest BCUT2D eigenvalue weighted by Crippen LogP contribution is -2.34. The summed E-state index contributed by atoms with van der Waals surface area (Å²) in [6, 6.07) is 0. The molecule has 2 unspecified atom stereocenters. The number of aldehydes is 2. The lowest BCUT2D eigenvalue weighted by atomic mass is 9.61. The molecular weight excluding hydrogens is 416 g/mol. The van der Waals surface area contributed by atoms with Crippen molar-refractivity contribution < 1.29 is 24.5 Å². The number of aromatic hydroxyl groups is 2. The second kappa shape index (κ2) is 7.10. The van der Waals surface area contributed by atoms with Gasteiger partial charge in [-0.05, 0) is 78.6 Å². The molecule has 2 bridgehead atoms. The summed E-state index contributed by atoms with van der Waals surface area (Å²) in [5.41, 5.74) is 3.16. The van der Waals surface area contributed by atoms with Gasteiger partial charge in [0.05, 0.1) is 11.1 Å². The van der Waals surface area contributed by atoms with Gasteiger partial charge in [0.2, 0.25) is 0 Å². The number of phenolic OH excluding ortho intramolecular Hbond substituents is 2. The molecule has 0 spiro atoms. The summed E-state index contributed by atoms with van der Waals surface area (Å²) in [5, 5.41) is 21.9. The maximum absolute atomic E-state index is 12.1. The highest BCUT2D eigenvalue weighted by Gasteiger charge is 2.70. The molecule has 1 aromatic rings. The lowest BCUT2D eigenvalue weighted by molar-refractivity contribution is 0.111. The highest BCUT2D eigenvalue weighted by molar-refractivity contribution is 5.95. The molecule has 2 saturated carbocycles. The third-order valence-corrected chi connectivity index (χ3v) is 9.70. The van der Waals surface area contributed by atoms with E-state index in [-0.39, 0.29) is 45.5 Å². The monoisotopic (exact) mass is 452 g/mol. The van der Waals surface area contributed by atoms with Crippen LogP contribution in [-0.2, 0) is 0 Å². The SMILES string of the molecule is CC1=C2C([C@@H]3[C@@H](CC1)C3(C)C)C1(C)C[C@@H]2Oc2c(C=O)c(O)c(C=O)c(O)c2[C@H]1CC(C)C. The number of carbonyl (C=O) groups excluding carboxylic acids is 2. The summed E-state index contributed by atoms with van der Waals surface area (Å²) >= 11 is 0. The smallest absolute Gasteiger partial charge is 0.157 e. The van der Waals surface area contributed by atoms with Crippen LogP contribution in [0.3, 0.4) is 0 Å². The van der Waals surface area contributed by atoms with Crippen molar-refractivity contribution in [3.63, 3.8) is 0 Å². The average molecular weight is 453 g/mol. The molecule has 5 rings (SSSR count). The Morgan fingerprint density at radius 2 is 1.76 bits per heavy atom. The van der Waals surface area contributed by atoms with Crippen LogP contribution < -0.4 is 4.74 Å². The molecule has 6 atom stereocenters. The largest absolute Gasteiger partial charge is 0.507 e. The van der Waals surface area contributed by atoms with E-state index in [0.29, 0.717) is 41.8 Å². The van der Waals surface area contributed by atoms with Gasteiger partial charge in [-0.15, -0.1) is 0 Å². The minimum atomic E-state index is -0.492. The van der Waals surface area contributed by atoms with Gasteiger partial charge >= 0.3 is 0 Å². The van der Waals surface area contributed by atoms with E-state index in [1.807, 2.05) is 0 Å². The second-order valence-corrected chi connectivity index (χ2v) is 12.2. The number of allylic oxidation sites excluding steroid dienone is 1. The molecule has 4 aliphatic rings. The van der Waals surface area contributed by atoms with Gasteiger partial charge in [-0.3, -0.25) is 9.59 Å². The summed E-state index contributed by atoms with van der Waals surface area (Å²) in [6.45, 7) is 13.7. The van der Waals surface area contributed by atoms with Gasteiger partial charge in [0.1, 0.15) is 23.4 Å². The fraction of sp³-hybridized carbons (Fsp3) is 0.643. The summed E-state index contributed by atoms with van der Waals surface area (Å²) in [6.07, 6.45) is 4.67. The van der Waals surface area contributed by atoms with E-state index in [4.69, 9.17) is 4.74 Å². The first-order valence-electron chi connectivity index (χ1n) is 12.4. The van der Waals surface area contributed by atoms with Crippen LogP contribution in [0.4, 0.5) is 0 Å². The van der Waals surface area contributed by atoms with E-state index in [2.05, 4.69) is 41.5 Å². The van der Waals surface area contributed by atoms with Crippen LogP contribution in [0.5, 0.6) is 17.2 Å². The highest BCUT2D eigenvalue weighted by Crippen LogP contribution is 2.75. The first-order chi connectivity index (χ1) is 15.5. The molecule has 0 aromatic heterocycles. The molecule has 1 aliphatic heterocycles. The molecule has 5 nitrogen and oxygen atoms in total. The molecule has 2 N–H and O–H groups in total. The third-order valence-electron chi connectivity index (χ3n) is 9.70. The zero-order chi connectivity index (χ0) is 24.0. The predicted molar refractivity (Wildman–Crippen MR) is 126 cm³/mol. The van der Waals surface area contributed by atoms with Crippen LogP contribution in [0.2, 0.25) is 0 Å². The molecular formula is C28H36O5. The van der Waals surface area contributed by atoms with Crippen LogP contribution in [-0.4, -0.2) is 28.9 Å². The van der Waals surface area contributed by atoms with Crippen LogP contribution in [0.15, 0.2) is 11.1 Å². The Bertz CT molecular complexity index is 1080. The van der Waals surface area contributed by atoms with Crippen molar-refractivity contribution >= 4 is 12.6 Å². The molecule has 5 heteroatoms. The molecule has 2 fully saturated rings. The molecule has 3 aliphatic carbocycles. The predicted octanol–water partition coefficient (Wildman–Crippen LogP) is 6.02. The quantitative estimate of drug-likeness (QED) is 0.431. The number of ether oxygens (including phenoxy) is 1. The van der Waals surface area contributed by atoms with Gasteiger partial charge in [0.15, 0.2) is 12.6 Å². The summed E-state index contributed by atoms with van der Waals surface area (Å²) < 4.78 is 6.61. The van der Waals surface area contributed by atoms with E-state index >= 15 is 0 Å². The summed E-state index contributed by atoms with van der Waals surface area (Å²) in [4.78, 5) is 23.9. The standard InChI is InChI=1S/C28H36O5/c1-13(2)9-18-21-25(32)15(11-29)24(31)16(12-30)26(21)33-19-10-28(18,6)23-20(19)14(3)7-8-17-22(23)27(17,4)5/h11-13,17-19,22-23,31-32H,7-10H2,1-6H3/t17-,18-,19+,22+,23?,28?/m1/s1. The highest BCUT2D eigenvalue weighted by atomic mass is 16.5. The molecule has 178 valence electrons. The van der Waals surface area contributed by atoms with Crippen LogP contribution >= 0.6 is 0 Å². The zero-order valence-corrected chi connectivity index (χ0v) is 20.6. The first-order valence-corrected chi connectivity index (χ1v) is 12.4. The molecule has 0 saturated heterocycles. The Morgan fingerprint density at radius 1 is 1.09 bits per heavy atom. The summed E-state index contributed by atoms with van der Waals surface area (Å²) in [5.74, 6) is 1.37. The van der Waals surface area contributed by atoms with Crippen molar-refractivity contribution in [3.05, 3.63) is 27.8 Å². The number of hydrogen-bond donors (Lipinski definition) is 2. The molecule has 1 heterocycles. The van der Waals surface area contributed by atoms with E-state index in [9.17, 15) is 19.8 Å². The number of hydrogen-bond acceptors (Lipinski definition) is 5. The minimum absolute atomic E-state index is 0.0251. The van der Waals surface area contributed by atoms with E-state index in [1.54, 1.807) is 0 Å². The molecule has 0 radical (unpaired) electrons. The van der Waals surface area contributed by atoms with Gasteiger partial charge in [0, 0.05) is 5.56 Å². The van der Waals surface area contributed by atoms with Gasteiger partial charge in [-0.25, -0.2) is 0 Å². The van der Waals surface area contributed by atoms with Crippen molar-refractivity contribution in [2.24, 2.45) is 34.5 Å². The third kappa shape index (κ3) is 2.83. The van der Waals surface area contributed by atoms with Crippen LogP contribution in [0.1, 0.15) is 99.4 Å². The van der Waals surface area contributed by atoms with Crippen molar-refractivity contribution in [2.45, 2.75) is 79.2 Å². The minimum Gasteiger partial charge on any atom is -0.507 e. The maximum atomic E-state index is 12.1. The van der Waals surface area contributed by atoms with Crippen molar-refractivity contribution in [2.75, 3.05) is 0 Å². The lowest BCUT2D eigenvalue weighted by Gasteiger charge is -2.42. The Kier molecular flexibility index (Phi) is 4.84. The first kappa shape index (κ1) is 22.5. The van der Waals surface area contributed by atoms with Gasteiger partial charge in [-0.2, -0.15) is 0 Å². The fourth-order valence-electron chi connectivity index (χ4n) is 8.08. The molecule has 0 amide bonds. The number of fused-ring (bicyclic) bond motifs is 8. The van der Waals surface area contributed by atoms with Crippen LogP contribution in [0, 0.1) is 34.5 Å². The number of rotatable bonds is 4. The Balaban J connectivity index is 1.82. The van der Waals surface area contributed by atoms with E-state index < -0.39 is 5.75 Å². The van der Waals surface area contributed by atoms with Crippen molar-refractivity contribution in [1.82, 2.24) is 0 Å². The number of benzene rings is 1. The van der Waals surface area contributed by atoms with Gasteiger partial charge in [0.25, 0.3) is 0 Å². The number of phenols is 2. The molecule has 33 heavy (non-hydrogen) atoms. The number of carbonyl (C=O) groups is 2. The Morgan fingerprint density at radius 3 is 2.36 bits per heavy atom. The van der Waals surface area contributed by atoms with Crippen molar-refractivity contribution in [1.29, 1.82) is 0 Å². The van der Waals surface area contributed by atoms with Gasteiger partial charge in [-0.1, -0.05) is 40.2 Å². The fourth-order valence-corrected chi connectivity index (χ4v) is 8.08. The zero-order valence-electron chi connectivity index (χ0n) is 20.6. The average Bonchev–Trinajstić information content (AvgIpc) is 3.24. The maximum Gasteiger partial charge on any atom is 0.157 e. The van der Waals surface area contributed by atoms with Crippen LogP contribution in [0.25, 0.3) is 0 Å². The normalized spacial score (nSPS) is 35.7. The topological polar surface area (TPSA) is 83.8 Å².